The maximum Gasteiger partial charge on any atom is 0.264 e. The molecule has 0 bridgehead atoms. The van der Waals surface area contributed by atoms with E-state index in [1.807, 2.05) is 24.3 Å². The lowest BCUT2D eigenvalue weighted by atomic mass is 9.79. The quantitative estimate of drug-likeness (QED) is 0.496. The van der Waals surface area contributed by atoms with Gasteiger partial charge < -0.3 is 10.0 Å². The average molecular weight is 485 g/mol. The number of carbonyl (C=O) groups is 2. The highest BCUT2D eigenvalue weighted by molar-refractivity contribution is 9.10. The third kappa shape index (κ3) is 3.37. The Morgan fingerprint density at radius 1 is 1.10 bits per heavy atom. The van der Waals surface area contributed by atoms with E-state index in [4.69, 9.17) is 11.6 Å². The molecule has 0 saturated heterocycles. The van der Waals surface area contributed by atoms with Gasteiger partial charge in [-0.15, -0.1) is 0 Å². The predicted molar refractivity (Wildman–Crippen MR) is 121 cm³/mol. The Kier molecular flexibility index (Phi) is 5.53. The molecule has 1 amide bonds. The number of amides is 1. The Hall–Kier alpha value is -2.47. The highest BCUT2D eigenvalue weighted by Gasteiger charge is 2.55. The first-order valence-corrected chi connectivity index (χ1v) is 10.7. The minimum Gasteiger partial charge on any atom is -0.375 e. The number of hydrogen-bond donors (Lipinski definition) is 1. The van der Waals surface area contributed by atoms with Gasteiger partial charge in [0.15, 0.2) is 11.4 Å². The van der Waals surface area contributed by atoms with E-state index < -0.39 is 17.4 Å². The fourth-order valence-corrected chi connectivity index (χ4v) is 4.45. The molecule has 0 saturated carbocycles. The molecular formula is C24H19BrClNO3. The second-order valence-corrected chi connectivity index (χ2v) is 8.69. The van der Waals surface area contributed by atoms with Crippen LogP contribution in [-0.2, 0) is 16.9 Å². The van der Waals surface area contributed by atoms with Gasteiger partial charge in [0.2, 0.25) is 0 Å². The summed E-state index contributed by atoms with van der Waals surface area (Å²) in [5, 5.41) is 12.2. The van der Waals surface area contributed by atoms with Gasteiger partial charge in [0.25, 0.3) is 5.91 Å². The molecule has 0 radical (unpaired) electrons. The van der Waals surface area contributed by atoms with E-state index in [0.717, 1.165) is 5.56 Å². The van der Waals surface area contributed by atoms with Gasteiger partial charge in [-0.2, -0.15) is 0 Å². The molecule has 1 heterocycles. The SMILES string of the molecule is CC(C(=O)c1ccccc1)C1(O)C(=O)N(Cc2ccccc2Cl)c2ccc(Br)cc21. The van der Waals surface area contributed by atoms with E-state index >= 15 is 0 Å². The third-order valence-corrected chi connectivity index (χ3v) is 6.46. The zero-order valence-electron chi connectivity index (χ0n) is 16.2. The van der Waals surface area contributed by atoms with E-state index in [2.05, 4.69) is 15.9 Å². The summed E-state index contributed by atoms with van der Waals surface area (Å²) in [5.74, 6) is -1.80. The van der Waals surface area contributed by atoms with Crippen molar-refractivity contribution in [1.82, 2.24) is 0 Å². The van der Waals surface area contributed by atoms with Crippen LogP contribution in [0.1, 0.15) is 28.4 Å². The van der Waals surface area contributed by atoms with Gasteiger partial charge in [0, 0.05) is 20.6 Å². The predicted octanol–water partition coefficient (Wildman–Crippen LogP) is 5.36. The van der Waals surface area contributed by atoms with E-state index in [1.54, 1.807) is 55.5 Å². The van der Waals surface area contributed by atoms with Crippen LogP contribution in [0.2, 0.25) is 5.02 Å². The summed E-state index contributed by atoms with van der Waals surface area (Å²) in [6.45, 7) is 1.79. The van der Waals surface area contributed by atoms with Crippen LogP contribution in [0, 0.1) is 5.92 Å². The number of aliphatic hydroxyl groups is 1. The zero-order valence-corrected chi connectivity index (χ0v) is 18.5. The smallest absolute Gasteiger partial charge is 0.264 e. The van der Waals surface area contributed by atoms with Crippen LogP contribution in [0.4, 0.5) is 5.69 Å². The van der Waals surface area contributed by atoms with Gasteiger partial charge in [-0.1, -0.05) is 83.0 Å². The maximum atomic E-state index is 13.6. The molecular weight excluding hydrogens is 466 g/mol. The summed E-state index contributed by atoms with van der Waals surface area (Å²) in [6, 6.07) is 21.2. The Balaban J connectivity index is 1.79. The van der Waals surface area contributed by atoms with E-state index in [0.29, 0.717) is 26.3 Å². The van der Waals surface area contributed by atoms with Crippen molar-refractivity contribution in [3.05, 3.63) is 99.0 Å². The molecule has 1 aliphatic rings. The molecule has 2 atom stereocenters. The number of hydrogen-bond acceptors (Lipinski definition) is 3. The van der Waals surface area contributed by atoms with Crippen LogP contribution in [0.5, 0.6) is 0 Å². The molecule has 3 aromatic rings. The van der Waals surface area contributed by atoms with Gasteiger partial charge in [-0.05, 0) is 29.8 Å². The van der Waals surface area contributed by atoms with Crippen LogP contribution in [0.3, 0.4) is 0 Å². The van der Waals surface area contributed by atoms with Crippen LogP contribution in [0.15, 0.2) is 77.3 Å². The Morgan fingerprint density at radius 3 is 2.47 bits per heavy atom. The number of rotatable bonds is 5. The number of halogens is 2. The van der Waals surface area contributed by atoms with Gasteiger partial charge >= 0.3 is 0 Å². The lowest BCUT2D eigenvalue weighted by Gasteiger charge is -2.28. The van der Waals surface area contributed by atoms with Crippen molar-refractivity contribution < 1.29 is 14.7 Å². The largest absolute Gasteiger partial charge is 0.375 e. The van der Waals surface area contributed by atoms with Crippen molar-refractivity contribution >= 4 is 44.9 Å². The highest BCUT2D eigenvalue weighted by Crippen LogP contribution is 2.47. The molecule has 6 heteroatoms. The summed E-state index contributed by atoms with van der Waals surface area (Å²) in [4.78, 5) is 28.2. The van der Waals surface area contributed by atoms with Gasteiger partial charge in [-0.25, -0.2) is 0 Å². The first-order valence-electron chi connectivity index (χ1n) is 9.51. The number of anilines is 1. The Bertz CT molecular complexity index is 1130. The molecule has 0 fully saturated rings. The summed E-state index contributed by atoms with van der Waals surface area (Å²) < 4.78 is 0.714. The standard InChI is InChI=1S/C24H19BrClNO3/c1-15(22(28)16-7-3-2-4-8-16)24(30)19-13-18(25)11-12-21(19)27(23(24)29)14-17-9-5-6-10-20(17)26/h2-13,15,30H,14H2,1H3. The number of nitrogens with zero attached hydrogens (tertiary/aromatic N) is 1. The molecule has 0 aromatic heterocycles. The lowest BCUT2D eigenvalue weighted by Crippen LogP contribution is -2.47. The summed E-state index contributed by atoms with van der Waals surface area (Å²) in [7, 11) is 0. The number of Topliss-reactive ketones (excluding diaryl/α,β-unsaturated/α-hetero) is 1. The number of benzene rings is 3. The van der Waals surface area contributed by atoms with Gasteiger partial charge in [-0.3, -0.25) is 9.59 Å². The van der Waals surface area contributed by atoms with E-state index in [-0.39, 0.29) is 12.3 Å². The molecule has 1 aliphatic heterocycles. The molecule has 4 nitrogen and oxygen atoms in total. The van der Waals surface area contributed by atoms with E-state index in [9.17, 15) is 14.7 Å². The van der Waals surface area contributed by atoms with Crippen molar-refractivity contribution in [2.24, 2.45) is 5.92 Å². The van der Waals surface area contributed by atoms with Crippen LogP contribution < -0.4 is 4.90 Å². The molecule has 1 N–H and O–H groups in total. The van der Waals surface area contributed by atoms with Gasteiger partial charge in [0.1, 0.15) is 0 Å². The average Bonchev–Trinajstić information content (AvgIpc) is 2.97. The van der Waals surface area contributed by atoms with Crippen molar-refractivity contribution in [1.29, 1.82) is 0 Å². The minimum atomic E-state index is -1.98. The molecule has 4 rings (SSSR count). The van der Waals surface area contributed by atoms with Crippen molar-refractivity contribution in [3.8, 4) is 0 Å². The van der Waals surface area contributed by atoms with Crippen molar-refractivity contribution in [2.45, 2.75) is 19.1 Å². The first kappa shape index (κ1) is 20.8. The molecule has 0 aliphatic carbocycles. The van der Waals surface area contributed by atoms with E-state index in [1.165, 1.54) is 4.90 Å². The van der Waals surface area contributed by atoms with Crippen molar-refractivity contribution in [2.75, 3.05) is 4.90 Å². The maximum absolute atomic E-state index is 13.6. The molecule has 0 spiro atoms. The van der Waals surface area contributed by atoms with Crippen LogP contribution in [-0.4, -0.2) is 16.8 Å². The second kappa shape index (κ2) is 7.99. The topological polar surface area (TPSA) is 57.6 Å². The van der Waals surface area contributed by atoms with Crippen molar-refractivity contribution in [3.63, 3.8) is 0 Å². The molecule has 30 heavy (non-hydrogen) atoms. The number of fused-ring (bicyclic) bond motifs is 1. The molecule has 152 valence electrons. The summed E-state index contributed by atoms with van der Waals surface area (Å²) in [6.07, 6.45) is 0. The minimum absolute atomic E-state index is 0.196. The normalized spacial score (nSPS) is 18.9. The summed E-state index contributed by atoms with van der Waals surface area (Å²) >= 11 is 9.72. The lowest BCUT2D eigenvalue weighted by molar-refractivity contribution is -0.139. The van der Waals surface area contributed by atoms with Crippen LogP contribution in [0.25, 0.3) is 0 Å². The molecule has 2 unspecified atom stereocenters. The zero-order chi connectivity index (χ0) is 21.5. The monoisotopic (exact) mass is 483 g/mol. The Morgan fingerprint density at radius 2 is 1.77 bits per heavy atom. The highest BCUT2D eigenvalue weighted by atomic mass is 79.9. The first-order chi connectivity index (χ1) is 14.3. The third-order valence-electron chi connectivity index (χ3n) is 5.60. The second-order valence-electron chi connectivity index (χ2n) is 7.36. The van der Waals surface area contributed by atoms with Crippen LogP contribution >= 0.6 is 27.5 Å². The molecule has 3 aromatic carbocycles. The fourth-order valence-electron chi connectivity index (χ4n) is 3.89. The fraction of sp³-hybridized carbons (Fsp3) is 0.167. The van der Waals surface area contributed by atoms with Gasteiger partial charge in [0.05, 0.1) is 18.2 Å². The number of ketones is 1. The Labute approximate surface area is 188 Å². The number of carbonyl (C=O) groups excluding carboxylic acids is 2. The summed E-state index contributed by atoms with van der Waals surface area (Å²) in [5.41, 5.74) is 0.205.